The number of nitrogens with two attached hydrogens (primary N) is 1. The highest BCUT2D eigenvalue weighted by molar-refractivity contribution is 5.39. The first-order chi connectivity index (χ1) is 8.10. The highest BCUT2D eigenvalue weighted by Gasteiger charge is 2.18. The molecule has 0 spiro atoms. The van der Waals surface area contributed by atoms with Gasteiger partial charge in [0.05, 0.1) is 7.11 Å². The van der Waals surface area contributed by atoms with E-state index in [-0.39, 0.29) is 6.04 Å². The minimum Gasteiger partial charge on any atom is -0.496 e. The summed E-state index contributed by atoms with van der Waals surface area (Å²) in [4.78, 5) is 0. The van der Waals surface area contributed by atoms with Crippen molar-refractivity contribution in [3.8, 4) is 5.75 Å². The monoisotopic (exact) mass is 237 g/mol. The highest BCUT2D eigenvalue weighted by atomic mass is 16.5. The van der Waals surface area contributed by atoms with Crippen LogP contribution >= 0.6 is 0 Å². The molecule has 2 N–H and O–H groups in total. The quantitative estimate of drug-likeness (QED) is 0.827. The number of rotatable bonds is 6. The minimum atomic E-state index is -0.0139. The molecule has 0 amide bonds. The van der Waals surface area contributed by atoms with Gasteiger partial charge in [-0.05, 0) is 25.3 Å². The lowest BCUT2D eigenvalue weighted by molar-refractivity contribution is 0.174. The largest absolute Gasteiger partial charge is 0.496 e. The maximum atomic E-state index is 6.29. The Labute approximate surface area is 104 Å². The van der Waals surface area contributed by atoms with E-state index in [0.717, 1.165) is 24.3 Å². The van der Waals surface area contributed by atoms with Gasteiger partial charge in [-0.3, -0.25) is 0 Å². The van der Waals surface area contributed by atoms with Crippen LogP contribution in [0.15, 0.2) is 18.2 Å². The van der Waals surface area contributed by atoms with E-state index in [1.807, 2.05) is 12.1 Å². The van der Waals surface area contributed by atoms with Gasteiger partial charge in [-0.25, -0.2) is 0 Å². The third kappa shape index (κ3) is 3.72. The zero-order valence-electron chi connectivity index (χ0n) is 11.2. The second-order valence-corrected chi connectivity index (χ2v) is 4.53. The van der Waals surface area contributed by atoms with Crippen molar-refractivity contribution in [2.24, 2.45) is 11.7 Å². The smallest absolute Gasteiger partial charge is 0.123 e. The summed E-state index contributed by atoms with van der Waals surface area (Å²) in [7, 11) is 3.40. The summed E-state index contributed by atoms with van der Waals surface area (Å²) in [6.45, 7) is 4.95. The Hall–Kier alpha value is -1.06. The van der Waals surface area contributed by atoms with Crippen LogP contribution in [0, 0.1) is 12.8 Å². The summed E-state index contributed by atoms with van der Waals surface area (Å²) in [6.07, 6.45) is 0.953. The molecule has 2 unspecified atom stereocenters. The molecule has 0 heterocycles. The summed E-state index contributed by atoms with van der Waals surface area (Å²) in [5.41, 5.74) is 8.57. The Kier molecular flexibility index (Phi) is 5.45. The average Bonchev–Trinajstić information content (AvgIpc) is 2.34. The van der Waals surface area contributed by atoms with E-state index in [9.17, 15) is 0 Å². The van der Waals surface area contributed by atoms with Crippen LogP contribution in [0.1, 0.15) is 30.5 Å². The summed E-state index contributed by atoms with van der Waals surface area (Å²) in [6, 6.07) is 6.11. The van der Waals surface area contributed by atoms with Crippen molar-refractivity contribution in [1.82, 2.24) is 0 Å². The topological polar surface area (TPSA) is 44.5 Å². The van der Waals surface area contributed by atoms with Gasteiger partial charge < -0.3 is 15.2 Å². The van der Waals surface area contributed by atoms with Crippen LogP contribution in [0.4, 0.5) is 0 Å². The molecule has 0 aliphatic heterocycles. The zero-order chi connectivity index (χ0) is 12.8. The average molecular weight is 237 g/mol. The predicted octanol–water partition coefficient (Wildman–Crippen LogP) is 2.68. The maximum absolute atomic E-state index is 6.29. The molecule has 2 atom stereocenters. The number of ether oxygens (including phenoxy) is 2. The van der Waals surface area contributed by atoms with Crippen molar-refractivity contribution < 1.29 is 9.47 Å². The Morgan fingerprint density at radius 3 is 2.59 bits per heavy atom. The molecule has 1 aromatic rings. The van der Waals surface area contributed by atoms with Crippen LogP contribution < -0.4 is 10.5 Å². The lowest BCUT2D eigenvalue weighted by Crippen LogP contribution is -2.21. The van der Waals surface area contributed by atoms with Crippen molar-refractivity contribution in [2.75, 3.05) is 20.8 Å². The van der Waals surface area contributed by atoms with Gasteiger partial charge in [-0.1, -0.05) is 24.6 Å². The molecular weight excluding hydrogens is 214 g/mol. The molecule has 0 saturated heterocycles. The summed E-state index contributed by atoms with van der Waals surface area (Å²) in [5.74, 6) is 1.23. The molecule has 0 bridgehead atoms. The number of benzene rings is 1. The van der Waals surface area contributed by atoms with Crippen LogP contribution in [0.25, 0.3) is 0 Å². The van der Waals surface area contributed by atoms with Gasteiger partial charge in [0.2, 0.25) is 0 Å². The number of methoxy groups -OCH3 is 2. The molecule has 96 valence electrons. The number of hydrogen-bond donors (Lipinski definition) is 1. The van der Waals surface area contributed by atoms with Crippen molar-refractivity contribution in [1.29, 1.82) is 0 Å². The maximum Gasteiger partial charge on any atom is 0.123 e. The molecule has 17 heavy (non-hydrogen) atoms. The molecule has 0 saturated carbocycles. The predicted molar refractivity (Wildman–Crippen MR) is 70.3 cm³/mol. The van der Waals surface area contributed by atoms with Crippen molar-refractivity contribution >= 4 is 0 Å². The Morgan fingerprint density at radius 2 is 2.00 bits per heavy atom. The molecule has 0 fully saturated rings. The van der Waals surface area contributed by atoms with Gasteiger partial charge in [0.15, 0.2) is 0 Å². The molecule has 0 aromatic heterocycles. The Morgan fingerprint density at radius 1 is 1.29 bits per heavy atom. The van der Waals surface area contributed by atoms with Crippen molar-refractivity contribution in [3.05, 3.63) is 29.3 Å². The van der Waals surface area contributed by atoms with Gasteiger partial charge in [0, 0.05) is 25.3 Å². The lowest BCUT2D eigenvalue weighted by atomic mass is 9.91. The molecule has 3 nitrogen and oxygen atoms in total. The molecular formula is C14H23NO2. The van der Waals surface area contributed by atoms with Gasteiger partial charge >= 0.3 is 0 Å². The van der Waals surface area contributed by atoms with E-state index >= 15 is 0 Å². The van der Waals surface area contributed by atoms with Gasteiger partial charge in [-0.15, -0.1) is 0 Å². The standard InChI is InChI=1S/C14H23NO2/c1-10-5-6-13(17-4)12(9-10)14(15)11(2)7-8-16-3/h5-6,9,11,14H,7-8,15H2,1-4H3. The molecule has 0 radical (unpaired) electrons. The third-order valence-corrected chi connectivity index (χ3v) is 3.13. The first-order valence-corrected chi connectivity index (χ1v) is 5.99. The van der Waals surface area contributed by atoms with Gasteiger partial charge in [0.1, 0.15) is 5.75 Å². The molecule has 0 aliphatic rings. The van der Waals surface area contributed by atoms with Crippen molar-refractivity contribution in [2.45, 2.75) is 26.3 Å². The first kappa shape index (κ1) is 14.0. The molecule has 0 aliphatic carbocycles. The fourth-order valence-corrected chi connectivity index (χ4v) is 1.90. The van der Waals surface area contributed by atoms with Crippen molar-refractivity contribution in [3.63, 3.8) is 0 Å². The molecule has 1 rings (SSSR count). The lowest BCUT2D eigenvalue weighted by Gasteiger charge is -2.22. The fourth-order valence-electron chi connectivity index (χ4n) is 1.90. The third-order valence-electron chi connectivity index (χ3n) is 3.13. The van der Waals surface area contributed by atoms with E-state index < -0.39 is 0 Å². The van der Waals surface area contributed by atoms with Crippen LogP contribution in [-0.4, -0.2) is 20.8 Å². The second-order valence-electron chi connectivity index (χ2n) is 4.53. The highest BCUT2D eigenvalue weighted by Crippen LogP contribution is 2.30. The number of hydrogen-bond acceptors (Lipinski definition) is 3. The first-order valence-electron chi connectivity index (χ1n) is 5.99. The van der Waals surface area contributed by atoms with Crippen LogP contribution in [0.3, 0.4) is 0 Å². The normalized spacial score (nSPS) is 14.4. The summed E-state index contributed by atoms with van der Waals surface area (Å²) >= 11 is 0. The summed E-state index contributed by atoms with van der Waals surface area (Å²) in [5, 5.41) is 0. The number of aryl methyl sites for hydroxylation is 1. The van der Waals surface area contributed by atoms with Crippen LogP contribution in [-0.2, 0) is 4.74 Å². The Balaban J connectivity index is 2.86. The second kappa shape index (κ2) is 6.62. The fraction of sp³-hybridized carbons (Fsp3) is 0.571. The van der Waals surface area contributed by atoms with Gasteiger partial charge in [0.25, 0.3) is 0 Å². The van der Waals surface area contributed by atoms with E-state index in [4.69, 9.17) is 15.2 Å². The SMILES string of the molecule is COCCC(C)C(N)c1cc(C)ccc1OC. The van der Waals surface area contributed by atoms with E-state index in [2.05, 4.69) is 19.9 Å². The van der Waals surface area contributed by atoms with E-state index in [1.165, 1.54) is 5.56 Å². The van der Waals surface area contributed by atoms with Crippen LogP contribution in [0.5, 0.6) is 5.75 Å². The minimum absolute atomic E-state index is 0.0139. The van der Waals surface area contributed by atoms with Gasteiger partial charge in [-0.2, -0.15) is 0 Å². The Bertz CT molecular complexity index is 352. The summed E-state index contributed by atoms with van der Waals surface area (Å²) < 4.78 is 10.5. The van der Waals surface area contributed by atoms with E-state index in [0.29, 0.717) is 5.92 Å². The zero-order valence-corrected chi connectivity index (χ0v) is 11.2. The molecule has 3 heteroatoms. The van der Waals surface area contributed by atoms with Crippen LogP contribution in [0.2, 0.25) is 0 Å². The van der Waals surface area contributed by atoms with E-state index in [1.54, 1.807) is 14.2 Å². The molecule has 1 aromatic carbocycles.